The van der Waals surface area contributed by atoms with Crippen molar-refractivity contribution < 1.29 is 14.6 Å². The third kappa shape index (κ3) is 1.28. The van der Waals surface area contributed by atoms with E-state index in [9.17, 15) is 9.90 Å². The second-order valence-electron chi connectivity index (χ2n) is 8.65. The first-order valence-corrected chi connectivity index (χ1v) is 9.64. The second-order valence-corrected chi connectivity index (χ2v) is 8.65. The summed E-state index contributed by atoms with van der Waals surface area (Å²) in [5.74, 6) is -0.154. The Labute approximate surface area is 153 Å². The van der Waals surface area contributed by atoms with Crippen LogP contribution in [0, 0.1) is 11.3 Å². The summed E-state index contributed by atoms with van der Waals surface area (Å²) < 4.78 is 5.34. The highest BCUT2D eigenvalue weighted by Crippen LogP contribution is 2.71. The Morgan fingerprint density at radius 2 is 2.23 bits per heavy atom. The van der Waals surface area contributed by atoms with E-state index >= 15 is 0 Å². The van der Waals surface area contributed by atoms with Crippen molar-refractivity contribution in [1.82, 2.24) is 4.90 Å². The Morgan fingerprint density at radius 1 is 1.42 bits per heavy atom. The van der Waals surface area contributed by atoms with Gasteiger partial charge in [-0.3, -0.25) is 9.69 Å². The Hall–Kier alpha value is -1.85. The molecule has 5 aliphatic heterocycles. The molecule has 7 rings (SSSR count). The lowest BCUT2D eigenvalue weighted by Gasteiger charge is -2.60. The standard InChI is InChI=1S/C21H24N2O3/c1-3-11-10-23-15-8-13(11)21(19(25)26-2)16(23)9-20(18(21)24)12-6-4-5-7-14(12)22-17(15)20/h3-7,13,15-18,22,24H,8-10H2,1-2H3/b11-3-/t13?,15-,16-,17+,18-,20+,21-/m0/s1. The molecule has 1 aromatic carbocycles. The molecule has 0 radical (unpaired) electrons. The summed E-state index contributed by atoms with van der Waals surface area (Å²) >= 11 is 0. The third-order valence-corrected chi connectivity index (χ3v) is 8.30. The molecule has 1 saturated carbocycles. The highest BCUT2D eigenvalue weighted by molar-refractivity contribution is 5.84. The summed E-state index contributed by atoms with van der Waals surface area (Å²) in [6, 6.07) is 8.89. The van der Waals surface area contributed by atoms with Crippen molar-refractivity contribution in [3.63, 3.8) is 0 Å². The maximum atomic E-state index is 13.2. The highest BCUT2D eigenvalue weighted by Gasteiger charge is 2.82. The van der Waals surface area contributed by atoms with Gasteiger partial charge in [-0.05, 0) is 31.4 Å². The number of aliphatic hydroxyl groups is 1. The molecule has 0 aromatic heterocycles. The van der Waals surface area contributed by atoms with E-state index in [0.717, 1.165) is 25.1 Å². The highest BCUT2D eigenvalue weighted by atomic mass is 16.5. The van der Waals surface area contributed by atoms with E-state index in [1.54, 1.807) is 0 Å². The van der Waals surface area contributed by atoms with Crippen LogP contribution in [0.15, 0.2) is 35.9 Å². The minimum Gasteiger partial charge on any atom is -0.468 e. The van der Waals surface area contributed by atoms with E-state index in [4.69, 9.17) is 4.74 Å². The molecule has 5 heteroatoms. The van der Waals surface area contributed by atoms with E-state index in [2.05, 4.69) is 35.3 Å². The number of piperidine rings is 4. The number of carbonyl (C=O) groups is 1. The third-order valence-electron chi connectivity index (χ3n) is 8.30. The number of carbonyl (C=O) groups excluding carboxylic acids is 1. The van der Waals surface area contributed by atoms with E-state index < -0.39 is 16.9 Å². The maximum absolute atomic E-state index is 13.2. The molecule has 6 aliphatic rings. The van der Waals surface area contributed by atoms with Gasteiger partial charge in [0.25, 0.3) is 0 Å². The number of rotatable bonds is 1. The van der Waals surface area contributed by atoms with Gasteiger partial charge in [-0.2, -0.15) is 0 Å². The Kier molecular flexibility index (Phi) is 2.65. The molecule has 26 heavy (non-hydrogen) atoms. The van der Waals surface area contributed by atoms with Gasteiger partial charge in [0, 0.05) is 35.6 Å². The first-order valence-electron chi connectivity index (χ1n) is 9.64. The number of aliphatic hydroxyl groups excluding tert-OH is 1. The van der Waals surface area contributed by atoms with Crippen LogP contribution in [-0.4, -0.2) is 53.9 Å². The molecule has 1 spiro atoms. The van der Waals surface area contributed by atoms with Crippen LogP contribution >= 0.6 is 0 Å². The fraction of sp³-hybridized carbons (Fsp3) is 0.571. The molecule has 5 nitrogen and oxygen atoms in total. The summed E-state index contributed by atoms with van der Waals surface area (Å²) in [6.45, 7) is 2.96. The Bertz CT molecular complexity index is 867. The number of para-hydroxylation sites is 1. The first-order chi connectivity index (χ1) is 12.6. The molecule has 1 aliphatic carbocycles. The number of fused-ring (bicyclic) bond motifs is 2. The van der Waals surface area contributed by atoms with Crippen LogP contribution < -0.4 is 5.32 Å². The number of nitrogens with one attached hydrogen (secondary N) is 1. The van der Waals surface area contributed by atoms with Gasteiger partial charge in [0.2, 0.25) is 0 Å². The molecule has 5 fully saturated rings. The van der Waals surface area contributed by atoms with Crippen LogP contribution in [0.5, 0.6) is 0 Å². The topological polar surface area (TPSA) is 61.8 Å². The van der Waals surface area contributed by atoms with Crippen LogP contribution in [0.4, 0.5) is 5.69 Å². The molecule has 4 saturated heterocycles. The van der Waals surface area contributed by atoms with Crippen molar-refractivity contribution in [1.29, 1.82) is 0 Å². The fourth-order valence-corrected chi connectivity index (χ4v) is 7.49. The number of nitrogens with zero attached hydrogens (tertiary/aromatic N) is 1. The SMILES string of the molecule is C/C=C1/CN2[C@H]3C[C@@]45c6ccccc6N[C@@H]4[C@@H]2CC1[C@@]3(C(=O)OC)[C@H]5O. The zero-order chi connectivity index (χ0) is 17.8. The van der Waals surface area contributed by atoms with Crippen molar-refractivity contribution in [3.8, 4) is 0 Å². The lowest BCUT2D eigenvalue weighted by molar-refractivity contribution is -0.179. The lowest BCUT2D eigenvalue weighted by atomic mass is 9.58. The number of esters is 1. The summed E-state index contributed by atoms with van der Waals surface area (Å²) in [6.07, 6.45) is 3.15. The molecule has 8 atom stereocenters. The number of ether oxygens (including phenoxy) is 1. The molecule has 2 unspecified atom stereocenters. The predicted octanol–water partition coefficient (Wildman–Crippen LogP) is 1.68. The van der Waals surface area contributed by atoms with Gasteiger partial charge >= 0.3 is 5.97 Å². The lowest BCUT2D eigenvalue weighted by Crippen LogP contribution is -2.71. The minimum absolute atomic E-state index is 0.0570. The second kappa shape index (κ2) is 4.52. The van der Waals surface area contributed by atoms with Crippen molar-refractivity contribution in [3.05, 3.63) is 41.5 Å². The predicted molar refractivity (Wildman–Crippen MR) is 96.7 cm³/mol. The van der Waals surface area contributed by atoms with Crippen molar-refractivity contribution in [2.45, 2.75) is 49.4 Å². The number of allylic oxidation sites excluding steroid dienone is 1. The maximum Gasteiger partial charge on any atom is 0.316 e. The molecule has 136 valence electrons. The largest absolute Gasteiger partial charge is 0.468 e. The number of anilines is 1. The van der Waals surface area contributed by atoms with Gasteiger partial charge in [0.05, 0.1) is 19.3 Å². The summed E-state index contributed by atoms with van der Waals surface area (Å²) in [5.41, 5.74) is 2.34. The first kappa shape index (κ1) is 15.2. The van der Waals surface area contributed by atoms with Crippen molar-refractivity contribution >= 4 is 11.7 Å². The average molecular weight is 352 g/mol. The molecule has 5 bridgehead atoms. The Morgan fingerprint density at radius 3 is 3.00 bits per heavy atom. The zero-order valence-electron chi connectivity index (χ0n) is 15.1. The number of hydrogen-bond donors (Lipinski definition) is 2. The van der Waals surface area contributed by atoms with Gasteiger partial charge < -0.3 is 15.2 Å². The molecular formula is C21H24N2O3. The minimum atomic E-state index is -0.848. The number of methoxy groups -OCH3 is 1. The van der Waals surface area contributed by atoms with E-state index in [0.29, 0.717) is 6.04 Å². The van der Waals surface area contributed by atoms with Gasteiger partial charge in [0.15, 0.2) is 0 Å². The van der Waals surface area contributed by atoms with E-state index in [1.165, 1.54) is 18.2 Å². The smallest absolute Gasteiger partial charge is 0.316 e. The van der Waals surface area contributed by atoms with Crippen molar-refractivity contribution in [2.24, 2.45) is 11.3 Å². The summed E-state index contributed by atoms with van der Waals surface area (Å²) in [7, 11) is 1.46. The van der Waals surface area contributed by atoms with E-state index in [-0.39, 0.29) is 24.0 Å². The quantitative estimate of drug-likeness (QED) is 0.595. The summed E-state index contributed by atoms with van der Waals surface area (Å²) in [4.78, 5) is 15.7. The van der Waals surface area contributed by atoms with Crippen LogP contribution in [0.3, 0.4) is 0 Å². The monoisotopic (exact) mass is 352 g/mol. The van der Waals surface area contributed by atoms with E-state index in [1.807, 2.05) is 12.1 Å². The van der Waals surface area contributed by atoms with Crippen LogP contribution in [-0.2, 0) is 14.9 Å². The average Bonchev–Trinajstić information content (AvgIpc) is 3.13. The fourth-order valence-electron chi connectivity index (χ4n) is 7.49. The normalized spacial score (nSPS) is 50.5. The number of benzene rings is 1. The van der Waals surface area contributed by atoms with Gasteiger partial charge in [-0.1, -0.05) is 29.8 Å². The van der Waals surface area contributed by atoms with Crippen LogP contribution in [0.2, 0.25) is 0 Å². The van der Waals surface area contributed by atoms with Gasteiger partial charge in [-0.25, -0.2) is 0 Å². The Balaban J connectivity index is 1.65. The van der Waals surface area contributed by atoms with Crippen LogP contribution in [0.25, 0.3) is 0 Å². The molecule has 2 N–H and O–H groups in total. The molecular weight excluding hydrogens is 328 g/mol. The molecule has 0 amide bonds. The van der Waals surface area contributed by atoms with Crippen molar-refractivity contribution in [2.75, 3.05) is 19.0 Å². The summed E-state index contributed by atoms with van der Waals surface area (Å²) in [5, 5.41) is 15.6. The van der Waals surface area contributed by atoms with Gasteiger partial charge in [0.1, 0.15) is 5.41 Å². The molecule has 1 aromatic rings. The molecule has 5 heterocycles. The van der Waals surface area contributed by atoms with Crippen LogP contribution in [0.1, 0.15) is 25.3 Å². The zero-order valence-corrected chi connectivity index (χ0v) is 15.1. The van der Waals surface area contributed by atoms with Gasteiger partial charge in [-0.15, -0.1) is 0 Å². The number of hydrogen-bond acceptors (Lipinski definition) is 5.